The molecule has 3 nitrogen and oxygen atoms in total. The van der Waals surface area contributed by atoms with Gasteiger partial charge in [0.05, 0.1) is 14.2 Å². The second kappa shape index (κ2) is 5.80. The molecule has 0 saturated heterocycles. The van der Waals surface area contributed by atoms with E-state index in [-0.39, 0.29) is 5.75 Å². The molecule has 1 aromatic carbocycles. The van der Waals surface area contributed by atoms with Crippen molar-refractivity contribution in [3.63, 3.8) is 0 Å². The number of allylic oxidation sites excluding steroid dienone is 2. The molecule has 0 saturated carbocycles. The van der Waals surface area contributed by atoms with E-state index in [0.29, 0.717) is 17.9 Å². The Morgan fingerprint density at radius 2 is 1.72 bits per heavy atom. The van der Waals surface area contributed by atoms with Gasteiger partial charge in [-0.3, -0.25) is 0 Å². The van der Waals surface area contributed by atoms with Crippen LogP contribution in [0.3, 0.4) is 0 Å². The molecule has 1 aromatic rings. The Morgan fingerprint density at radius 3 is 2.17 bits per heavy atom. The fraction of sp³-hybridized carbons (Fsp3) is 0.400. The minimum Gasteiger partial charge on any atom is -0.504 e. The van der Waals surface area contributed by atoms with E-state index in [0.717, 1.165) is 22.3 Å². The molecule has 0 unspecified atom stereocenters. The van der Waals surface area contributed by atoms with Crippen molar-refractivity contribution in [2.24, 2.45) is 0 Å². The number of hydrogen-bond donors (Lipinski definition) is 1. The quantitative estimate of drug-likeness (QED) is 0.889. The number of benzene rings is 1. The summed E-state index contributed by atoms with van der Waals surface area (Å²) in [6, 6.07) is 0. The number of hydrogen-bond acceptors (Lipinski definition) is 3. The first-order valence-corrected chi connectivity index (χ1v) is 5.79. The molecule has 0 aromatic heterocycles. The molecule has 2 radical (unpaired) electrons. The molecule has 0 fully saturated rings. The molecule has 0 bridgehead atoms. The molecular weight excluding hydrogens is 228 g/mol. The Bertz CT molecular complexity index is 469. The van der Waals surface area contributed by atoms with Gasteiger partial charge in [-0.1, -0.05) is 11.6 Å². The lowest BCUT2D eigenvalue weighted by Crippen LogP contribution is -2.00. The Morgan fingerprint density at radius 1 is 1.17 bits per heavy atom. The molecular formula is C15H20O3. The molecule has 1 N–H and O–H groups in total. The van der Waals surface area contributed by atoms with Gasteiger partial charge in [-0.25, -0.2) is 0 Å². The van der Waals surface area contributed by atoms with Crippen molar-refractivity contribution >= 4 is 0 Å². The zero-order chi connectivity index (χ0) is 13.9. The fourth-order valence-corrected chi connectivity index (χ4v) is 1.94. The SMILES string of the molecule is [CH]/C(C)=C/Cc1c(C)c(C)c(OC)c(OC)c1O. The molecule has 0 spiro atoms. The lowest BCUT2D eigenvalue weighted by Gasteiger charge is -2.18. The Hall–Kier alpha value is -1.64. The van der Waals surface area contributed by atoms with Crippen LogP contribution in [0.15, 0.2) is 11.6 Å². The molecule has 3 heteroatoms. The predicted octanol–water partition coefficient (Wildman–Crippen LogP) is 3.23. The van der Waals surface area contributed by atoms with Gasteiger partial charge >= 0.3 is 0 Å². The van der Waals surface area contributed by atoms with Gasteiger partial charge in [0, 0.05) is 5.56 Å². The first-order chi connectivity index (χ1) is 8.43. The fourth-order valence-electron chi connectivity index (χ4n) is 1.94. The van der Waals surface area contributed by atoms with Crippen LogP contribution in [0.25, 0.3) is 0 Å². The highest BCUT2D eigenvalue weighted by Gasteiger charge is 2.20. The summed E-state index contributed by atoms with van der Waals surface area (Å²) in [6.07, 6.45) is 2.44. The van der Waals surface area contributed by atoms with E-state index in [2.05, 4.69) is 0 Å². The number of methoxy groups -OCH3 is 2. The summed E-state index contributed by atoms with van der Waals surface area (Å²) in [5.41, 5.74) is 3.49. The van der Waals surface area contributed by atoms with Gasteiger partial charge in [0.25, 0.3) is 0 Å². The van der Waals surface area contributed by atoms with Crippen molar-refractivity contribution in [1.82, 2.24) is 0 Å². The Kier molecular flexibility index (Phi) is 4.65. The maximum atomic E-state index is 10.2. The third kappa shape index (κ3) is 2.61. The highest BCUT2D eigenvalue weighted by atomic mass is 16.5. The Labute approximate surface area is 109 Å². The predicted molar refractivity (Wildman–Crippen MR) is 72.4 cm³/mol. The first kappa shape index (κ1) is 14.4. The van der Waals surface area contributed by atoms with Gasteiger partial charge < -0.3 is 14.6 Å². The van der Waals surface area contributed by atoms with Crippen molar-refractivity contribution in [2.75, 3.05) is 14.2 Å². The summed E-state index contributed by atoms with van der Waals surface area (Å²) in [5, 5.41) is 10.2. The molecule has 0 aliphatic carbocycles. The van der Waals surface area contributed by atoms with Crippen LogP contribution in [0.4, 0.5) is 0 Å². The van der Waals surface area contributed by atoms with Crippen LogP contribution in [-0.4, -0.2) is 19.3 Å². The lowest BCUT2D eigenvalue weighted by atomic mass is 9.97. The third-order valence-electron chi connectivity index (χ3n) is 3.10. The minimum absolute atomic E-state index is 0.120. The highest BCUT2D eigenvalue weighted by Crippen LogP contribution is 2.44. The van der Waals surface area contributed by atoms with Gasteiger partial charge in [0.1, 0.15) is 0 Å². The van der Waals surface area contributed by atoms with E-state index >= 15 is 0 Å². The lowest BCUT2D eigenvalue weighted by molar-refractivity contribution is 0.329. The standard InChI is InChI=1S/C15H20O3/c1-9(2)7-8-12-10(3)11(4)14(17-5)15(18-6)13(12)16/h1,7,16H,8H2,2-6H3/b9-7-. The summed E-state index contributed by atoms with van der Waals surface area (Å²) >= 11 is 0. The normalized spacial score (nSPS) is 11.6. The van der Waals surface area contributed by atoms with Gasteiger partial charge in [-0.05, 0) is 45.2 Å². The molecule has 0 heterocycles. The van der Waals surface area contributed by atoms with Gasteiger partial charge in [-0.15, -0.1) is 0 Å². The molecule has 0 amide bonds. The second-order valence-electron chi connectivity index (χ2n) is 4.30. The summed E-state index contributed by atoms with van der Waals surface area (Å²) in [4.78, 5) is 0. The minimum atomic E-state index is 0.120. The number of ether oxygens (including phenoxy) is 2. The van der Waals surface area contributed by atoms with Crippen molar-refractivity contribution in [3.05, 3.63) is 35.3 Å². The molecule has 0 aliphatic heterocycles. The summed E-state index contributed by atoms with van der Waals surface area (Å²) in [7, 11) is 3.08. The average molecular weight is 248 g/mol. The van der Waals surface area contributed by atoms with Crippen molar-refractivity contribution < 1.29 is 14.6 Å². The van der Waals surface area contributed by atoms with Crippen LogP contribution >= 0.6 is 0 Å². The van der Waals surface area contributed by atoms with Crippen molar-refractivity contribution in [2.45, 2.75) is 27.2 Å². The highest BCUT2D eigenvalue weighted by molar-refractivity contribution is 5.62. The van der Waals surface area contributed by atoms with Crippen molar-refractivity contribution in [1.29, 1.82) is 0 Å². The van der Waals surface area contributed by atoms with Crippen molar-refractivity contribution in [3.8, 4) is 17.2 Å². The van der Waals surface area contributed by atoms with Crippen LogP contribution in [0, 0.1) is 20.8 Å². The van der Waals surface area contributed by atoms with E-state index < -0.39 is 0 Å². The summed E-state index contributed by atoms with van der Waals surface area (Å²) < 4.78 is 10.5. The monoisotopic (exact) mass is 248 g/mol. The van der Waals surface area contributed by atoms with Crippen LogP contribution in [-0.2, 0) is 6.42 Å². The zero-order valence-corrected chi connectivity index (χ0v) is 11.6. The van der Waals surface area contributed by atoms with Gasteiger partial charge in [0.15, 0.2) is 11.5 Å². The maximum Gasteiger partial charge on any atom is 0.203 e. The molecule has 18 heavy (non-hydrogen) atoms. The number of phenolic OH excluding ortho intramolecular Hbond substituents is 1. The number of aromatic hydroxyl groups is 1. The van der Waals surface area contributed by atoms with E-state index in [1.807, 2.05) is 26.8 Å². The topological polar surface area (TPSA) is 38.7 Å². The van der Waals surface area contributed by atoms with E-state index in [4.69, 9.17) is 16.4 Å². The van der Waals surface area contributed by atoms with Crippen LogP contribution < -0.4 is 9.47 Å². The third-order valence-corrected chi connectivity index (χ3v) is 3.10. The van der Waals surface area contributed by atoms with Crippen LogP contribution in [0.2, 0.25) is 0 Å². The van der Waals surface area contributed by atoms with Crippen LogP contribution in [0.1, 0.15) is 23.6 Å². The van der Waals surface area contributed by atoms with Gasteiger partial charge in [-0.2, -0.15) is 0 Å². The molecule has 0 atom stereocenters. The summed E-state index contributed by atoms with van der Waals surface area (Å²) in [6.45, 7) is 11.3. The zero-order valence-electron chi connectivity index (χ0n) is 11.6. The van der Waals surface area contributed by atoms with E-state index in [9.17, 15) is 5.11 Å². The second-order valence-corrected chi connectivity index (χ2v) is 4.30. The Balaban J connectivity index is 3.44. The van der Waals surface area contributed by atoms with E-state index in [1.54, 1.807) is 7.11 Å². The molecule has 0 aliphatic rings. The van der Waals surface area contributed by atoms with Gasteiger partial charge in [0.2, 0.25) is 5.75 Å². The number of rotatable bonds is 4. The average Bonchev–Trinajstić information content (AvgIpc) is 2.32. The summed E-state index contributed by atoms with van der Waals surface area (Å²) in [5.74, 6) is 1.07. The molecule has 1 rings (SSSR count). The number of phenols is 1. The maximum absolute atomic E-state index is 10.2. The largest absolute Gasteiger partial charge is 0.504 e. The van der Waals surface area contributed by atoms with Crippen LogP contribution in [0.5, 0.6) is 17.2 Å². The molecule has 98 valence electrons. The first-order valence-electron chi connectivity index (χ1n) is 5.79. The van der Waals surface area contributed by atoms with E-state index in [1.165, 1.54) is 7.11 Å². The smallest absolute Gasteiger partial charge is 0.203 e.